The summed E-state index contributed by atoms with van der Waals surface area (Å²) in [5.41, 5.74) is 6.50. The molecule has 1 aliphatic carbocycles. The number of imide groups is 2. The number of nitrogens with two attached hydrogens (primary N) is 1. The number of hydrogen-bond donors (Lipinski definition) is 3. The quantitative estimate of drug-likeness (QED) is 0.172. The first-order chi connectivity index (χ1) is 31.1. The van der Waals surface area contributed by atoms with Gasteiger partial charge in [0.25, 0.3) is 23.3 Å². The third kappa shape index (κ3) is 8.59. The molecule has 5 amide bonds. The molecule has 20 heteroatoms. The number of carbonyl (C=O) groups is 5. The molecule has 3 saturated heterocycles. The summed E-state index contributed by atoms with van der Waals surface area (Å²) < 4.78 is 29.3. The number of carbonyl (C=O) groups excluding carboxylic acids is 5. The number of aromatic nitrogens is 3. The fraction of sp³-hybridized carbons (Fsp3) is 0.467. The lowest BCUT2D eigenvalue weighted by Crippen LogP contribution is -2.59. The normalized spacial score (nSPS) is 23.0. The van der Waals surface area contributed by atoms with Crippen LogP contribution < -0.4 is 36.5 Å². The van der Waals surface area contributed by atoms with Crippen molar-refractivity contribution in [2.75, 3.05) is 54.4 Å². The molecular weight excluding hydrogens is 863 g/mol. The molecule has 0 radical (unpaired) electrons. The van der Waals surface area contributed by atoms with Crippen molar-refractivity contribution in [1.82, 2.24) is 29.7 Å². The van der Waals surface area contributed by atoms with E-state index in [1.54, 1.807) is 16.8 Å². The summed E-state index contributed by atoms with van der Waals surface area (Å²) in [7, 11) is 0. The van der Waals surface area contributed by atoms with Crippen LogP contribution in [0.1, 0.15) is 86.1 Å². The smallest absolute Gasteiger partial charge is 0.293 e. The van der Waals surface area contributed by atoms with Crippen LogP contribution in [0, 0.1) is 5.82 Å². The number of halogens is 2. The van der Waals surface area contributed by atoms with Gasteiger partial charge in [0.1, 0.15) is 16.9 Å². The Morgan fingerprint density at radius 3 is 2.42 bits per heavy atom. The number of nitrogens with one attached hydrogen (secondary N) is 2. The van der Waals surface area contributed by atoms with Crippen LogP contribution in [0.5, 0.6) is 5.75 Å². The average Bonchev–Trinajstić information content (AvgIpc) is 3.48. The standard InChI is InChI=1S/C45H50ClFN10O8/c1-23(2)56-34-5-4-26(14-25(34)15-37(44(56)63)64-22-38(48)58)50-40-32(46)20-49-45(52-40)53-10-8-28(9-11-53)65-29-16-27(17-29)54-12-13-55(24(3)21-54)36-19-31-30(18-33(36)47)42(61)57(43(31)62)35-6-7-39(59)51-41(35)60/h4-5,14-15,18-20,23-24,27-29,35H,6-13,16-17,21-22H2,1-3H3,(H2,48,58)(H,49,50,52)(H,51,59,60)/t24-,27?,29?,35?/m1/s1. The Bertz CT molecular complexity index is 2670. The van der Waals surface area contributed by atoms with E-state index in [2.05, 4.69) is 25.4 Å². The number of piperazine rings is 1. The SMILES string of the molecule is CC(C)n1c(=O)c(OCC(N)=O)cc2cc(Nc3nc(N4CCC(OC5CC(N6CCN(c7cc8c(cc7F)C(=O)N(C7CCC(=O)NC7=O)C8=O)[C@H](C)C6)C5)CC4)ncc3Cl)ccc21. The minimum atomic E-state index is -1.12. The second kappa shape index (κ2) is 17.7. The summed E-state index contributed by atoms with van der Waals surface area (Å²) in [6, 6.07) is 8.61. The molecule has 0 bridgehead atoms. The summed E-state index contributed by atoms with van der Waals surface area (Å²) >= 11 is 6.57. The minimum Gasteiger partial charge on any atom is -0.478 e. The van der Waals surface area contributed by atoms with Crippen LogP contribution in [0.4, 0.5) is 27.5 Å². The van der Waals surface area contributed by atoms with Crippen molar-refractivity contribution in [3.8, 4) is 5.75 Å². The molecule has 2 aromatic heterocycles. The first kappa shape index (κ1) is 44.0. The van der Waals surface area contributed by atoms with Gasteiger partial charge >= 0.3 is 0 Å². The number of ether oxygens (including phenoxy) is 2. The van der Waals surface area contributed by atoms with Crippen molar-refractivity contribution in [1.29, 1.82) is 0 Å². The van der Waals surface area contributed by atoms with Crippen molar-refractivity contribution in [2.45, 2.75) is 95.7 Å². The number of piperidine rings is 2. The molecule has 5 aliphatic rings. The highest BCUT2D eigenvalue weighted by molar-refractivity contribution is 6.33. The number of nitrogens with zero attached hydrogens (tertiary/aromatic N) is 7. The van der Waals surface area contributed by atoms with Gasteiger partial charge in [-0.05, 0) is 89.3 Å². The summed E-state index contributed by atoms with van der Waals surface area (Å²) in [5.74, 6) is -2.86. The Labute approximate surface area is 378 Å². The summed E-state index contributed by atoms with van der Waals surface area (Å²) in [4.78, 5) is 91.9. The number of amides is 5. The fourth-order valence-electron chi connectivity index (χ4n) is 9.68. The summed E-state index contributed by atoms with van der Waals surface area (Å²) in [6.07, 6.45) is 5.25. The molecule has 1 saturated carbocycles. The molecule has 4 fully saturated rings. The van der Waals surface area contributed by atoms with Crippen molar-refractivity contribution < 1.29 is 37.8 Å². The summed E-state index contributed by atoms with van der Waals surface area (Å²) in [5, 5.41) is 6.52. The number of fused-ring (bicyclic) bond motifs is 2. The van der Waals surface area contributed by atoms with Crippen LogP contribution in [0.15, 0.2) is 47.4 Å². The van der Waals surface area contributed by atoms with E-state index < -0.39 is 48.0 Å². The highest BCUT2D eigenvalue weighted by atomic mass is 35.5. The van der Waals surface area contributed by atoms with Crippen LogP contribution >= 0.6 is 11.6 Å². The minimum absolute atomic E-state index is 0.00524. The average molecular weight is 913 g/mol. The second-order valence-electron chi connectivity index (χ2n) is 17.7. The molecule has 342 valence electrons. The lowest BCUT2D eigenvalue weighted by Gasteiger charge is -2.49. The molecule has 4 aromatic rings. The monoisotopic (exact) mass is 912 g/mol. The van der Waals surface area contributed by atoms with Gasteiger partial charge in [-0.3, -0.25) is 43.9 Å². The van der Waals surface area contributed by atoms with Gasteiger partial charge in [-0.1, -0.05) is 11.6 Å². The van der Waals surface area contributed by atoms with Crippen molar-refractivity contribution in [3.05, 3.63) is 74.9 Å². The predicted octanol–water partition coefficient (Wildman–Crippen LogP) is 3.90. The van der Waals surface area contributed by atoms with Crippen LogP contribution in [-0.2, 0) is 19.1 Å². The Morgan fingerprint density at radius 2 is 1.72 bits per heavy atom. The zero-order valence-electron chi connectivity index (χ0n) is 36.2. The Balaban J connectivity index is 0.763. The van der Waals surface area contributed by atoms with E-state index in [0.717, 1.165) is 36.6 Å². The molecule has 18 nitrogen and oxygen atoms in total. The molecule has 6 heterocycles. The van der Waals surface area contributed by atoms with Gasteiger partial charge in [0, 0.05) is 68.3 Å². The highest BCUT2D eigenvalue weighted by Gasteiger charge is 2.46. The molecule has 65 heavy (non-hydrogen) atoms. The van der Waals surface area contributed by atoms with Gasteiger partial charge in [-0.2, -0.15) is 4.98 Å². The maximum atomic E-state index is 15.7. The number of anilines is 4. The number of hydrogen-bond acceptors (Lipinski definition) is 14. The Hall–Kier alpha value is -6.18. The van der Waals surface area contributed by atoms with E-state index in [1.165, 1.54) is 6.07 Å². The van der Waals surface area contributed by atoms with Crippen molar-refractivity contribution in [2.24, 2.45) is 5.73 Å². The van der Waals surface area contributed by atoms with Crippen LogP contribution in [0.2, 0.25) is 5.02 Å². The number of pyridine rings is 1. The van der Waals surface area contributed by atoms with Crippen molar-refractivity contribution in [3.63, 3.8) is 0 Å². The molecule has 2 atom stereocenters. The molecule has 1 unspecified atom stereocenters. The van der Waals surface area contributed by atoms with Crippen molar-refractivity contribution >= 4 is 75.2 Å². The van der Waals surface area contributed by atoms with Crippen LogP contribution in [0.3, 0.4) is 0 Å². The molecule has 4 N–H and O–H groups in total. The molecule has 4 aliphatic heterocycles. The first-order valence-corrected chi connectivity index (χ1v) is 22.4. The number of benzene rings is 2. The lowest BCUT2D eigenvalue weighted by molar-refractivity contribution is -0.136. The van der Waals surface area contributed by atoms with Gasteiger partial charge < -0.3 is 34.9 Å². The van der Waals surface area contributed by atoms with E-state index in [9.17, 15) is 28.8 Å². The third-order valence-corrected chi connectivity index (χ3v) is 13.3. The predicted molar refractivity (Wildman–Crippen MR) is 238 cm³/mol. The topological polar surface area (TPSA) is 215 Å². The molecule has 2 aromatic carbocycles. The second-order valence-corrected chi connectivity index (χ2v) is 18.1. The Kier molecular flexibility index (Phi) is 12.0. The summed E-state index contributed by atoms with van der Waals surface area (Å²) in [6.45, 7) is 8.70. The van der Waals surface area contributed by atoms with E-state index >= 15 is 4.39 Å². The van der Waals surface area contributed by atoms with E-state index in [-0.39, 0.29) is 65.3 Å². The molecule has 9 rings (SSSR count). The maximum absolute atomic E-state index is 15.7. The van der Waals surface area contributed by atoms with Gasteiger partial charge in [-0.15, -0.1) is 0 Å². The Morgan fingerprint density at radius 1 is 0.985 bits per heavy atom. The highest BCUT2D eigenvalue weighted by Crippen LogP contribution is 2.37. The van der Waals surface area contributed by atoms with Gasteiger partial charge in [0.05, 0.1) is 40.7 Å². The van der Waals surface area contributed by atoms with Gasteiger partial charge in [0.15, 0.2) is 18.2 Å². The zero-order valence-corrected chi connectivity index (χ0v) is 37.0. The molecular formula is C45H50ClFN10O8. The van der Waals surface area contributed by atoms with E-state index in [4.69, 9.17) is 31.8 Å². The van der Waals surface area contributed by atoms with Crippen LogP contribution in [0.25, 0.3) is 10.9 Å². The van der Waals surface area contributed by atoms with E-state index in [0.29, 0.717) is 72.1 Å². The first-order valence-electron chi connectivity index (χ1n) is 22.0. The number of primary amides is 1. The fourth-order valence-corrected chi connectivity index (χ4v) is 9.82. The molecule has 0 spiro atoms. The van der Waals surface area contributed by atoms with E-state index in [1.807, 2.05) is 43.9 Å². The third-order valence-electron chi connectivity index (χ3n) is 13.1. The van der Waals surface area contributed by atoms with Gasteiger partial charge in [0.2, 0.25) is 17.8 Å². The number of rotatable bonds is 12. The lowest BCUT2D eigenvalue weighted by atomic mass is 9.86. The van der Waals surface area contributed by atoms with Crippen LogP contribution in [-0.4, -0.2) is 124 Å². The maximum Gasteiger partial charge on any atom is 0.293 e. The van der Waals surface area contributed by atoms with Gasteiger partial charge in [-0.25, -0.2) is 9.37 Å². The zero-order chi connectivity index (χ0) is 45.8. The largest absolute Gasteiger partial charge is 0.478 e.